The second-order valence-electron chi connectivity index (χ2n) is 6.27. The normalized spacial score (nSPS) is 15.1. The lowest BCUT2D eigenvalue weighted by molar-refractivity contribution is -0.113. The van der Waals surface area contributed by atoms with Gasteiger partial charge < -0.3 is 14.3 Å². The Morgan fingerprint density at radius 1 is 1.13 bits per heavy atom. The Morgan fingerprint density at radius 3 is 2.57 bits per heavy atom. The van der Waals surface area contributed by atoms with Crippen molar-refractivity contribution in [3.8, 4) is 17.1 Å². The highest BCUT2D eigenvalue weighted by atomic mass is 32.2. The molecule has 1 aliphatic rings. The Labute approximate surface area is 181 Å². The molecular formula is C22H15NO5S2. The molecule has 3 aromatic rings. The molecule has 1 saturated heterocycles. The van der Waals surface area contributed by atoms with E-state index < -0.39 is 5.97 Å². The lowest BCUT2D eigenvalue weighted by Crippen LogP contribution is -2.27. The van der Waals surface area contributed by atoms with Crippen LogP contribution in [0.3, 0.4) is 0 Å². The first-order chi connectivity index (χ1) is 14.5. The molecule has 0 saturated carbocycles. The zero-order chi connectivity index (χ0) is 21.3. The largest absolute Gasteiger partial charge is 0.497 e. The van der Waals surface area contributed by atoms with Gasteiger partial charge in [0.15, 0.2) is 4.32 Å². The van der Waals surface area contributed by atoms with Gasteiger partial charge in [-0.05, 0) is 42.5 Å². The van der Waals surface area contributed by atoms with Crippen molar-refractivity contribution in [2.24, 2.45) is 0 Å². The third-order valence-corrected chi connectivity index (χ3v) is 5.75. The van der Waals surface area contributed by atoms with Gasteiger partial charge in [-0.3, -0.25) is 9.69 Å². The number of nitrogens with zero attached hydrogens (tertiary/aromatic N) is 1. The molecule has 1 aromatic heterocycles. The van der Waals surface area contributed by atoms with Crippen LogP contribution >= 0.6 is 24.0 Å². The van der Waals surface area contributed by atoms with E-state index in [0.29, 0.717) is 37.7 Å². The van der Waals surface area contributed by atoms with Crippen LogP contribution in [0, 0.1) is 0 Å². The molecule has 0 radical (unpaired) electrons. The molecule has 2 aromatic carbocycles. The number of thiocarbonyl (C=S) groups is 1. The molecule has 2 heterocycles. The molecule has 0 unspecified atom stereocenters. The Bertz CT molecular complexity index is 1180. The minimum absolute atomic E-state index is 0.143. The number of anilines is 1. The lowest BCUT2D eigenvalue weighted by Gasteiger charge is -2.14. The summed E-state index contributed by atoms with van der Waals surface area (Å²) in [5.74, 6) is 0.234. The molecule has 0 bridgehead atoms. The number of carbonyl (C=O) groups is 2. The molecule has 1 fully saturated rings. The molecule has 0 atom stereocenters. The van der Waals surface area contributed by atoms with E-state index >= 15 is 0 Å². The lowest BCUT2D eigenvalue weighted by atomic mass is 10.1. The average molecular weight is 437 g/mol. The van der Waals surface area contributed by atoms with Gasteiger partial charge in [0.2, 0.25) is 0 Å². The van der Waals surface area contributed by atoms with Crippen LogP contribution in [0.2, 0.25) is 0 Å². The summed E-state index contributed by atoms with van der Waals surface area (Å²) in [6, 6.07) is 17.0. The van der Waals surface area contributed by atoms with Gasteiger partial charge in [0.25, 0.3) is 5.91 Å². The molecule has 8 heteroatoms. The number of furan rings is 1. The van der Waals surface area contributed by atoms with Gasteiger partial charge in [0, 0.05) is 11.6 Å². The second-order valence-corrected chi connectivity index (χ2v) is 7.94. The molecule has 0 spiro atoms. The summed E-state index contributed by atoms with van der Waals surface area (Å²) >= 11 is 6.56. The molecule has 1 N–H and O–H groups in total. The van der Waals surface area contributed by atoms with Crippen molar-refractivity contribution < 1.29 is 23.8 Å². The maximum atomic E-state index is 12.9. The molecule has 1 amide bonds. The number of amides is 1. The molecule has 6 nitrogen and oxygen atoms in total. The van der Waals surface area contributed by atoms with Crippen molar-refractivity contribution in [3.05, 3.63) is 76.9 Å². The van der Waals surface area contributed by atoms with Crippen molar-refractivity contribution in [2.75, 3.05) is 12.0 Å². The number of hydrogen-bond acceptors (Lipinski definition) is 6. The summed E-state index contributed by atoms with van der Waals surface area (Å²) in [6.45, 7) is 0. The highest BCUT2D eigenvalue weighted by Gasteiger charge is 2.33. The van der Waals surface area contributed by atoms with Crippen LogP contribution in [0.25, 0.3) is 17.4 Å². The number of methoxy groups -OCH3 is 1. The summed E-state index contributed by atoms with van der Waals surface area (Å²) in [5, 5.41) is 9.37. The second kappa shape index (κ2) is 8.17. The monoisotopic (exact) mass is 437 g/mol. The van der Waals surface area contributed by atoms with Crippen LogP contribution in [0.1, 0.15) is 16.1 Å². The molecule has 0 aliphatic carbocycles. The van der Waals surface area contributed by atoms with Crippen molar-refractivity contribution >= 4 is 51.9 Å². The number of carboxylic acid groups (broad SMARTS) is 1. The molecule has 1 aliphatic heterocycles. The summed E-state index contributed by atoms with van der Waals surface area (Å²) < 4.78 is 11.4. The number of rotatable bonds is 5. The van der Waals surface area contributed by atoms with Gasteiger partial charge in [-0.25, -0.2) is 4.79 Å². The number of hydrogen-bond donors (Lipinski definition) is 1. The maximum absolute atomic E-state index is 12.9. The Kier molecular flexibility index (Phi) is 5.43. The van der Waals surface area contributed by atoms with Crippen LogP contribution in [-0.2, 0) is 4.79 Å². The maximum Gasteiger partial charge on any atom is 0.336 e. The van der Waals surface area contributed by atoms with Crippen LogP contribution in [0.15, 0.2) is 70.0 Å². The molecule has 150 valence electrons. The van der Waals surface area contributed by atoms with E-state index in [1.165, 1.54) is 22.7 Å². The van der Waals surface area contributed by atoms with E-state index in [4.69, 9.17) is 21.4 Å². The first kappa shape index (κ1) is 19.9. The zero-order valence-corrected chi connectivity index (χ0v) is 17.3. The fourth-order valence-electron chi connectivity index (χ4n) is 3.01. The number of ether oxygens (including phenoxy) is 1. The predicted molar refractivity (Wildman–Crippen MR) is 120 cm³/mol. The van der Waals surface area contributed by atoms with Gasteiger partial charge >= 0.3 is 5.97 Å². The van der Waals surface area contributed by atoms with E-state index in [0.717, 1.165) is 0 Å². The Hall–Kier alpha value is -3.36. The quantitative estimate of drug-likeness (QED) is 0.441. The van der Waals surface area contributed by atoms with Crippen molar-refractivity contribution in [1.29, 1.82) is 0 Å². The third kappa shape index (κ3) is 3.74. The van der Waals surface area contributed by atoms with Gasteiger partial charge in [-0.15, -0.1) is 0 Å². The third-order valence-electron chi connectivity index (χ3n) is 4.45. The van der Waals surface area contributed by atoms with E-state index in [1.807, 2.05) is 0 Å². The van der Waals surface area contributed by atoms with Crippen LogP contribution < -0.4 is 9.64 Å². The van der Waals surface area contributed by atoms with Gasteiger partial charge in [-0.2, -0.15) is 0 Å². The summed E-state index contributed by atoms with van der Waals surface area (Å²) in [7, 11) is 1.57. The van der Waals surface area contributed by atoms with E-state index in [1.54, 1.807) is 67.8 Å². The zero-order valence-electron chi connectivity index (χ0n) is 15.7. The van der Waals surface area contributed by atoms with E-state index in [9.17, 15) is 14.7 Å². The van der Waals surface area contributed by atoms with Gasteiger partial charge in [-0.1, -0.05) is 42.2 Å². The SMILES string of the molecule is COc1ccc(N2C(=O)/C(=C\c3ccc(-c4ccccc4C(=O)O)o3)SC2=S)cc1. The number of carboxylic acids is 1. The number of thioether (sulfide) groups is 1. The molecule has 4 rings (SSSR count). The first-order valence-corrected chi connectivity index (χ1v) is 10.0. The Morgan fingerprint density at radius 2 is 1.87 bits per heavy atom. The molecular weight excluding hydrogens is 422 g/mol. The topological polar surface area (TPSA) is 80.0 Å². The van der Waals surface area contributed by atoms with Crippen molar-refractivity contribution in [2.45, 2.75) is 0 Å². The van der Waals surface area contributed by atoms with Crippen LogP contribution in [-0.4, -0.2) is 28.4 Å². The van der Waals surface area contributed by atoms with Gasteiger partial charge in [0.1, 0.15) is 17.3 Å². The summed E-state index contributed by atoms with van der Waals surface area (Å²) in [5.41, 5.74) is 1.26. The van der Waals surface area contributed by atoms with E-state index in [2.05, 4.69) is 0 Å². The standard InChI is InChI=1S/C22H15NO5S2/c1-27-14-8-6-13(7-9-14)23-20(24)19(30-22(23)29)12-15-10-11-18(28-15)16-4-2-3-5-17(16)21(25)26/h2-12H,1H3,(H,25,26)/b19-12+. The smallest absolute Gasteiger partial charge is 0.336 e. The number of aromatic carboxylic acids is 1. The fraction of sp³-hybridized carbons (Fsp3) is 0.0455. The minimum Gasteiger partial charge on any atom is -0.497 e. The van der Waals surface area contributed by atoms with Crippen molar-refractivity contribution in [3.63, 3.8) is 0 Å². The Balaban J connectivity index is 1.61. The minimum atomic E-state index is -1.04. The number of benzene rings is 2. The first-order valence-electron chi connectivity index (χ1n) is 8.82. The van der Waals surface area contributed by atoms with Crippen molar-refractivity contribution in [1.82, 2.24) is 0 Å². The van der Waals surface area contributed by atoms with Gasteiger partial charge in [0.05, 0.1) is 23.3 Å². The summed E-state index contributed by atoms with van der Waals surface area (Å²) in [4.78, 5) is 26.2. The van der Waals surface area contributed by atoms with E-state index in [-0.39, 0.29) is 11.5 Å². The van der Waals surface area contributed by atoms with Crippen LogP contribution in [0.4, 0.5) is 5.69 Å². The predicted octanol–water partition coefficient (Wildman–Crippen LogP) is 5.06. The fourth-order valence-corrected chi connectivity index (χ4v) is 4.29. The van der Waals surface area contributed by atoms with Crippen LogP contribution in [0.5, 0.6) is 5.75 Å². The molecule has 30 heavy (non-hydrogen) atoms. The highest BCUT2D eigenvalue weighted by Crippen LogP contribution is 2.37. The highest BCUT2D eigenvalue weighted by molar-refractivity contribution is 8.27. The number of carbonyl (C=O) groups excluding carboxylic acids is 1. The average Bonchev–Trinajstić information content (AvgIpc) is 3.32. The summed E-state index contributed by atoms with van der Waals surface area (Å²) in [6.07, 6.45) is 1.61.